The molecule has 6 nitrogen and oxygen atoms in total. The van der Waals surface area contributed by atoms with E-state index in [1.807, 2.05) is 0 Å². The Bertz CT molecular complexity index is 730. The van der Waals surface area contributed by atoms with Gasteiger partial charge in [-0.3, -0.25) is 4.90 Å². The lowest BCUT2D eigenvalue weighted by Gasteiger charge is -2.19. The van der Waals surface area contributed by atoms with Crippen molar-refractivity contribution >= 4 is 29.2 Å². The van der Waals surface area contributed by atoms with Crippen LogP contribution in [0.5, 0.6) is 0 Å². The lowest BCUT2D eigenvalue weighted by Crippen LogP contribution is -2.26. The van der Waals surface area contributed by atoms with Crippen LogP contribution in [0.25, 0.3) is 17.0 Å². The molecule has 1 aliphatic heterocycles. The van der Waals surface area contributed by atoms with E-state index in [0.29, 0.717) is 16.8 Å². The second kappa shape index (κ2) is 3.88. The molecule has 1 amide bonds. The monoisotopic (exact) mass is 258 g/mol. The van der Waals surface area contributed by atoms with Crippen LogP contribution in [0.3, 0.4) is 0 Å². The SMILES string of the molecule is O=C(O)N1C=Cc2c(c3ccccc3n2C(=O)O)C1. The highest BCUT2D eigenvalue weighted by atomic mass is 16.4. The fourth-order valence-electron chi connectivity index (χ4n) is 2.39. The third-order valence-electron chi connectivity index (χ3n) is 3.20. The number of hydrogen-bond acceptors (Lipinski definition) is 2. The molecule has 0 saturated carbocycles. The number of benzene rings is 1. The molecular formula is C13H10N2O4. The minimum absolute atomic E-state index is 0.155. The van der Waals surface area contributed by atoms with Gasteiger partial charge in [-0.15, -0.1) is 0 Å². The lowest BCUT2D eigenvalue weighted by molar-refractivity contribution is 0.161. The van der Waals surface area contributed by atoms with Gasteiger partial charge in [0.1, 0.15) is 0 Å². The molecule has 0 bridgehead atoms. The van der Waals surface area contributed by atoms with Crippen LogP contribution in [0.4, 0.5) is 9.59 Å². The summed E-state index contributed by atoms with van der Waals surface area (Å²) in [6, 6.07) is 7.07. The maximum atomic E-state index is 11.4. The van der Waals surface area contributed by atoms with E-state index >= 15 is 0 Å². The van der Waals surface area contributed by atoms with E-state index in [2.05, 4.69) is 0 Å². The molecule has 1 aromatic carbocycles. The van der Waals surface area contributed by atoms with E-state index in [1.54, 1.807) is 24.3 Å². The predicted molar refractivity (Wildman–Crippen MR) is 68.0 cm³/mol. The van der Waals surface area contributed by atoms with E-state index < -0.39 is 12.2 Å². The van der Waals surface area contributed by atoms with Crippen molar-refractivity contribution in [3.8, 4) is 0 Å². The van der Waals surface area contributed by atoms with Crippen LogP contribution in [0.1, 0.15) is 11.3 Å². The Morgan fingerprint density at radius 2 is 1.84 bits per heavy atom. The van der Waals surface area contributed by atoms with Gasteiger partial charge in [-0.25, -0.2) is 14.2 Å². The fourth-order valence-corrected chi connectivity index (χ4v) is 2.39. The Kier molecular flexibility index (Phi) is 2.31. The Hall–Kier alpha value is -2.76. The third-order valence-corrected chi connectivity index (χ3v) is 3.20. The third kappa shape index (κ3) is 1.57. The number of nitrogens with zero attached hydrogens (tertiary/aromatic N) is 2. The van der Waals surface area contributed by atoms with Gasteiger partial charge >= 0.3 is 12.2 Å². The molecule has 6 heteroatoms. The number of aromatic nitrogens is 1. The van der Waals surface area contributed by atoms with Gasteiger partial charge in [-0.05, 0) is 12.1 Å². The second-order valence-corrected chi connectivity index (χ2v) is 4.23. The molecule has 19 heavy (non-hydrogen) atoms. The van der Waals surface area contributed by atoms with Crippen molar-refractivity contribution in [3.05, 3.63) is 41.7 Å². The van der Waals surface area contributed by atoms with Crippen molar-refractivity contribution in [1.29, 1.82) is 0 Å². The minimum atomic E-state index is -1.08. The molecule has 0 radical (unpaired) electrons. The van der Waals surface area contributed by atoms with Crippen LogP contribution in [0.2, 0.25) is 0 Å². The lowest BCUT2D eigenvalue weighted by atomic mass is 10.1. The largest absolute Gasteiger partial charge is 0.465 e. The molecule has 96 valence electrons. The predicted octanol–water partition coefficient (Wildman–Crippen LogP) is 2.63. The number of hydrogen-bond donors (Lipinski definition) is 2. The quantitative estimate of drug-likeness (QED) is 0.760. The van der Waals surface area contributed by atoms with Gasteiger partial charge in [0, 0.05) is 17.1 Å². The van der Waals surface area contributed by atoms with Gasteiger partial charge in [-0.1, -0.05) is 18.2 Å². The van der Waals surface area contributed by atoms with Gasteiger partial charge in [0.2, 0.25) is 0 Å². The van der Waals surface area contributed by atoms with Crippen molar-refractivity contribution in [2.24, 2.45) is 0 Å². The summed E-state index contributed by atoms with van der Waals surface area (Å²) < 4.78 is 1.18. The Labute approximate surface area is 107 Å². The van der Waals surface area contributed by atoms with E-state index in [0.717, 1.165) is 10.3 Å². The van der Waals surface area contributed by atoms with Crippen molar-refractivity contribution in [3.63, 3.8) is 0 Å². The number of rotatable bonds is 0. The Morgan fingerprint density at radius 1 is 1.11 bits per heavy atom. The number of carbonyl (C=O) groups is 2. The summed E-state index contributed by atoms with van der Waals surface area (Å²) in [5.74, 6) is 0. The molecular weight excluding hydrogens is 248 g/mol. The summed E-state index contributed by atoms with van der Waals surface area (Å²) in [4.78, 5) is 23.5. The first-order valence-corrected chi connectivity index (χ1v) is 5.63. The first-order chi connectivity index (χ1) is 9.09. The second-order valence-electron chi connectivity index (χ2n) is 4.23. The average Bonchev–Trinajstić information content (AvgIpc) is 2.72. The molecule has 0 atom stereocenters. The van der Waals surface area contributed by atoms with Gasteiger partial charge in [0.15, 0.2) is 0 Å². The van der Waals surface area contributed by atoms with Crippen molar-refractivity contribution < 1.29 is 19.8 Å². The van der Waals surface area contributed by atoms with E-state index in [4.69, 9.17) is 5.11 Å². The van der Waals surface area contributed by atoms with Gasteiger partial charge < -0.3 is 10.2 Å². The van der Waals surface area contributed by atoms with Gasteiger partial charge in [-0.2, -0.15) is 0 Å². The summed E-state index contributed by atoms with van der Waals surface area (Å²) in [6.07, 6.45) is 0.754. The van der Waals surface area contributed by atoms with E-state index in [9.17, 15) is 14.7 Å². The minimum Gasteiger partial charge on any atom is -0.465 e. The van der Waals surface area contributed by atoms with Crippen LogP contribution >= 0.6 is 0 Å². The molecule has 1 aromatic heterocycles. The standard InChI is InChI=1S/C13H10N2O4/c16-12(17)14-6-5-11-9(7-14)8-3-1-2-4-10(8)15(11)13(18)19/h1-6H,7H2,(H,16,17)(H,18,19). The average molecular weight is 258 g/mol. The highest BCUT2D eigenvalue weighted by Crippen LogP contribution is 2.31. The Morgan fingerprint density at radius 3 is 2.53 bits per heavy atom. The van der Waals surface area contributed by atoms with Crippen LogP contribution < -0.4 is 0 Å². The number of amides is 1. The number of fused-ring (bicyclic) bond motifs is 3. The van der Waals surface area contributed by atoms with Crippen molar-refractivity contribution in [2.45, 2.75) is 6.54 Å². The van der Waals surface area contributed by atoms with Crippen molar-refractivity contribution in [1.82, 2.24) is 9.47 Å². The summed E-state index contributed by atoms with van der Waals surface area (Å²) in [5, 5.41) is 19.1. The Balaban J connectivity index is 2.30. The summed E-state index contributed by atoms with van der Waals surface area (Å²) >= 11 is 0. The molecule has 3 rings (SSSR count). The van der Waals surface area contributed by atoms with Gasteiger partial charge in [0.05, 0.1) is 17.8 Å². The maximum Gasteiger partial charge on any atom is 0.416 e. The molecule has 0 unspecified atom stereocenters. The molecule has 2 N–H and O–H groups in total. The molecule has 1 aliphatic rings. The van der Waals surface area contributed by atoms with Crippen LogP contribution in [-0.2, 0) is 6.54 Å². The summed E-state index contributed by atoms with van der Waals surface area (Å²) in [7, 11) is 0. The zero-order valence-electron chi connectivity index (χ0n) is 9.78. The van der Waals surface area contributed by atoms with Crippen molar-refractivity contribution in [2.75, 3.05) is 0 Å². The van der Waals surface area contributed by atoms with Crippen LogP contribution in [0.15, 0.2) is 30.5 Å². The zero-order valence-corrected chi connectivity index (χ0v) is 9.78. The smallest absolute Gasteiger partial charge is 0.416 e. The normalized spacial score (nSPS) is 13.6. The highest BCUT2D eigenvalue weighted by molar-refractivity contribution is 5.96. The van der Waals surface area contributed by atoms with E-state index in [1.165, 1.54) is 16.8 Å². The molecule has 0 saturated heterocycles. The number of para-hydroxylation sites is 1. The highest BCUT2D eigenvalue weighted by Gasteiger charge is 2.24. The van der Waals surface area contributed by atoms with Gasteiger partial charge in [0.25, 0.3) is 0 Å². The number of carboxylic acid groups (broad SMARTS) is 2. The maximum absolute atomic E-state index is 11.4. The molecule has 0 fully saturated rings. The van der Waals surface area contributed by atoms with E-state index in [-0.39, 0.29) is 6.54 Å². The van der Waals surface area contributed by atoms with Crippen LogP contribution in [-0.4, -0.2) is 31.9 Å². The molecule has 0 spiro atoms. The molecule has 2 aromatic rings. The fraction of sp³-hybridized carbons (Fsp3) is 0.0769. The first-order valence-electron chi connectivity index (χ1n) is 5.63. The summed E-state index contributed by atoms with van der Waals surface area (Å²) in [5.41, 5.74) is 1.80. The first kappa shape index (κ1) is 11.3. The zero-order chi connectivity index (χ0) is 13.6. The van der Waals surface area contributed by atoms with Crippen LogP contribution in [0, 0.1) is 0 Å². The topological polar surface area (TPSA) is 82.8 Å². The molecule has 2 heterocycles. The summed E-state index contributed by atoms with van der Waals surface area (Å²) in [6.45, 7) is 0.155. The molecule has 0 aliphatic carbocycles.